The molecular weight excluding hydrogens is 595 g/mol. The van der Waals surface area contributed by atoms with Crippen molar-refractivity contribution in [2.75, 3.05) is 10.6 Å². The van der Waals surface area contributed by atoms with E-state index in [9.17, 15) is 18.8 Å². The van der Waals surface area contributed by atoms with Crippen molar-refractivity contribution in [1.29, 1.82) is 0 Å². The van der Waals surface area contributed by atoms with Crippen molar-refractivity contribution >= 4 is 62.9 Å². The molecule has 40 heavy (non-hydrogen) atoms. The molecule has 0 saturated carbocycles. The smallest absolute Gasteiger partial charge is 0.272 e. The van der Waals surface area contributed by atoms with Crippen LogP contribution >= 0.6 is 27.7 Å². The van der Waals surface area contributed by atoms with Gasteiger partial charge in [0.1, 0.15) is 11.5 Å². The summed E-state index contributed by atoms with van der Waals surface area (Å²) in [6, 6.07) is 23.4. The molecule has 4 rings (SSSR count). The van der Waals surface area contributed by atoms with Gasteiger partial charge in [-0.3, -0.25) is 19.4 Å². The second-order valence-electron chi connectivity index (χ2n) is 8.52. The number of halogens is 2. The fourth-order valence-electron chi connectivity index (χ4n) is 3.47. The van der Waals surface area contributed by atoms with Crippen LogP contribution in [0.25, 0.3) is 6.08 Å². The number of benzene rings is 3. The molecular formula is C30H24BrFN4O3S. The van der Waals surface area contributed by atoms with E-state index >= 15 is 0 Å². The lowest BCUT2D eigenvalue weighted by Gasteiger charge is -2.14. The molecule has 0 aliphatic carbocycles. The van der Waals surface area contributed by atoms with E-state index in [1.807, 2.05) is 0 Å². The monoisotopic (exact) mass is 618 g/mol. The molecule has 4 aromatic rings. The van der Waals surface area contributed by atoms with Gasteiger partial charge < -0.3 is 16.0 Å². The molecule has 3 aromatic carbocycles. The summed E-state index contributed by atoms with van der Waals surface area (Å²) in [4.78, 5) is 43.3. The topological polar surface area (TPSA) is 100 Å². The molecule has 0 saturated heterocycles. The van der Waals surface area contributed by atoms with E-state index in [2.05, 4.69) is 36.9 Å². The van der Waals surface area contributed by atoms with Crippen molar-refractivity contribution in [2.45, 2.75) is 17.1 Å². The molecule has 0 bridgehead atoms. The van der Waals surface area contributed by atoms with Gasteiger partial charge in [-0.1, -0.05) is 40.2 Å². The zero-order chi connectivity index (χ0) is 28.5. The summed E-state index contributed by atoms with van der Waals surface area (Å²) in [7, 11) is 0. The number of hydrogen-bond donors (Lipinski definition) is 3. The van der Waals surface area contributed by atoms with Crippen LogP contribution in [-0.4, -0.2) is 28.0 Å². The summed E-state index contributed by atoms with van der Waals surface area (Å²) < 4.78 is 14.6. The first-order valence-electron chi connectivity index (χ1n) is 12.1. The Morgan fingerprint density at radius 3 is 2.38 bits per heavy atom. The standard InChI is InChI=1S/C30H24BrFN4O3S/c1-19(28(37)35-26-14-9-22(31)17-25(26)32)40-24-12-10-23(11-13-24)34-30(39)27(16-20-6-5-15-33-18-20)36-29(38)21-7-3-2-4-8-21/h2-19H,1H3,(H,34,39)(H,35,37)(H,36,38)/b27-16-. The molecule has 10 heteroatoms. The number of thioether (sulfide) groups is 1. The molecule has 0 radical (unpaired) electrons. The lowest BCUT2D eigenvalue weighted by atomic mass is 10.2. The van der Waals surface area contributed by atoms with E-state index in [0.29, 0.717) is 21.3 Å². The number of rotatable bonds is 9. The number of amides is 3. The minimum Gasteiger partial charge on any atom is -0.323 e. The zero-order valence-corrected chi connectivity index (χ0v) is 23.6. The Labute approximate surface area is 243 Å². The lowest BCUT2D eigenvalue weighted by Crippen LogP contribution is -2.30. The van der Waals surface area contributed by atoms with Crippen molar-refractivity contribution in [2.24, 2.45) is 0 Å². The second kappa shape index (κ2) is 13.7. The number of nitrogens with one attached hydrogen (secondary N) is 3. The third-order valence-corrected chi connectivity index (χ3v) is 7.11. The van der Waals surface area contributed by atoms with Gasteiger partial charge >= 0.3 is 0 Å². The average molecular weight is 620 g/mol. The van der Waals surface area contributed by atoms with Crippen molar-refractivity contribution in [1.82, 2.24) is 10.3 Å². The van der Waals surface area contributed by atoms with Gasteiger partial charge in [-0.15, -0.1) is 11.8 Å². The van der Waals surface area contributed by atoms with Gasteiger partial charge in [-0.2, -0.15) is 0 Å². The summed E-state index contributed by atoms with van der Waals surface area (Å²) in [5, 5.41) is 7.56. The van der Waals surface area contributed by atoms with E-state index in [0.717, 1.165) is 4.90 Å². The van der Waals surface area contributed by atoms with Crippen molar-refractivity contribution in [3.63, 3.8) is 0 Å². The summed E-state index contributed by atoms with van der Waals surface area (Å²) in [6.07, 6.45) is 4.74. The number of pyridine rings is 1. The van der Waals surface area contributed by atoms with Gasteiger partial charge in [0.25, 0.3) is 11.8 Å². The van der Waals surface area contributed by atoms with Crippen LogP contribution in [0.4, 0.5) is 15.8 Å². The predicted molar refractivity (Wildman–Crippen MR) is 159 cm³/mol. The SMILES string of the molecule is CC(Sc1ccc(NC(=O)/C(=C/c2cccnc2)NC(=O)c2ccccc2)cc1)C(=O)Nc1ccc(Br)cc1F. The maximum atomic E-state index is 14.1. The number of aromatic nitrogens is 1. The van der Waals surface area contributed by atoms with Gasteiger partial charge in [-0.05, 0) is 79.2 Å². The fraction of sp³-hybridized carbons (Fsp3) is 0.0667. The third-order valence-electron chi connectivity index (χ3n) is 5.51. The van der Waals surface area contributed by atoms with Crippen LogP contribution in [0.2, 0.25) is 0 Å². The Morgan fingerprint density at radius 2 is 1.70 bits per heavy atom. The van der Waals surface area contributed by atoms with Gasteiger partial charge in [0, 0.05) is 33.0 Å². The Hall–Kier alpha value is -4.28. The Bertz CT molecular complexity index is 1530. The van der Waals surface area contributed by atoms with E-state index < -0.39 is 22.9 Å². The Kier molecular flexibility index (Phi) is 9.82. The lowest BCUT2D eigenvalue weighted by molar-refractivity contribution is -0.115. The molecule has 0 spiro atoms. The highest BCUT2D eigenvalue weighted by molar-refractivity contribution is 9.10. The largest absolute Gasteiger partial charge is 0.323 e. The second-order valence-corrected chi connectivity index (χ2v) is 10.8. The highest BCUT2D eigenvalue weighted by Gasteiger charge is 2.18. The van der Waals surface area contributed by atoms with Crippen LogP contribution in [0.15, 0.2) is 112 Å². The van der Waals surface area contributed by atoms with Crippen LogP contribution in [0.5, 0.6) is 0 Å². The molecule has 1 atom stereocenters. The molecule has 0 aliphatic heterocycles. The molecule has 0 fully saturated rings. The van der Waals surface area contributed by atoms with Crippen molar-refractivity contribution in [3.8, 4) is 0 Å². The van der Waals surface area contributed by atoms with Crippen LogP contribution < -0.4 is 16.0 Å². The molecule has 1 heterocycles. The first-order chi connectivity index (χ1) is 19.3. The maximum Gasteiger partial charge on any atom is 0.272 e. The van der Waals surface area contributed by atoms with Gasteiger partial charge in [0.05, 0.1) is 10.9 Å². The molecule has 3 amide bonds. The molecule has 1 unspecified atom stereocenters. The van der Waals surface area contributed by atoms with Crippen LogP contribution in [-0.2, 0) is 9.59 Å². The molecule has 0 aliphatic rings. The normalized spacial score (nSPS) is 11.8. The minimum atomic E-state index is -0.531. The summed E-state index contributed by atoms with van der Waals surface area (Å²) >= 11 is 4.48. The van der Waals surface area contributed by atoms with Gasteiger partial charge in [0.15, 0.2) is 0 Å². The summed E-state index contributed by atoms with van der Waals surface area (Å²) in [5.41, 5.74) is 1.70. The Balaban J connectivity index is 1.41. The van der Waals surface area contributed by atoms with Crippen LogP contribution in [0, 0.1) is 5.82 Å². The first-order valence-corrected chi connectivity index (χ1v) is 13.8. The Morgan fingerprint density at radius 1 is 0.950 bits per heavy atom. The van der Waals surface area contributed by atoms with Gasteiger partial charge in [0.2, 0.25) is 5.91 Å². The number of nitrogens with zero attached hydrogens (tertiary/aromatic N) is 1. The van der Waals surface area contributed by atoms with Crippen LogP contribution in [0.1, 0.15) is 22.8 Å². The summed E-state index contributed by atoms with van der Waals surface area (Å²) in [6.45, 7) is 1.72. The highest BCUT2D eigenvalue weighted by atomic mass is 79.9. The molecule has 1 aromatic heterocycles. The number of carbonyl (C=O) groups excluding carboxylic acids is 3. The maximum absolute atomic E-state index is 14.1. The number of hydrogen-bond acceptors (Lipinski definition) is 5. The first kappa shape index (κ1) is 28.7. The molecule has 202 valence electrons. The van der Waals surface area contributed by atoms with Gasteiger partial charge in [-0.25, -0.2) is 4.39 Å². The molecule has 7 nitrogen and oxygen atoms in total. The quantitative estimate of drug-likeness (QED) is 0.147. The number of carbonyl (C=O) groups is 3. The molecule has 3 N–H and O–H groups in total. The fourth-order valence-corrected chi connectivity index (χ4v) is 4.67. The van der Waals surface area contributed by atoms with Crippen molar-refractivity contribution in [3.05, 3.63) is 124 Å². The number of anilines is 2. The minimum absolute atomic E-state index is 0.0470. The van der Waals surface area contributed by atoms with E-state index in [-0.39, 0.29) is 17.3 Å². The zero-order valence-electron chi connectivity index (χ0n) is 21.2. The van der Waals surface area contributed by atoms with E-state index in [1.54, 1.807) is 98.2 Å². The predicted octanol–water partition coefficient (Wildman–Crippen LogP) is 6.51. The summed E-state index contributed by atoms with van der Waals surface area (Å²) in [5.74, 6) is -1.81. The van der Waals surface area contributed by atoms with E-state index in [4.69, 9.17) is 0 Å². The van der Waals surface area contributed by atoms with E-state index in [1.165, 1.54) is 23.9 Å². The average Bonchev–Trinajstić information content (AvgIpc) is 2.96. The third kappa shape index (κ3) is 8.11. The van der Waals surface area contributed by atoms with Crippen molar-refractivity contribution < 1.29 is 18.8 Å². The van der Waals surface area contributed by atoms with Crippen LogP contribution in [0.3, 0.4) is 0 Å². The highest BCUT2D eigenvalue weighted by Crippen LogP contribution is 2.27.